The molecule has 6 nitrogen and oxygen atoms in total. The third kappa shape index (κ3) is 3.39. The maximum Gasteiger partial charge on any atom is 0.296 e. The third-order valence-corrected chi connectivity index (χ3v) is 8.16. The number of carbonyl (C=O) groups excluding carboxylic acids is 2. The second kappa shape index (κ2) is 7.26. The molecular formula is C21H29NO5S. The van der Waals surface area contributed by atoms with Crippen molar-refractivity contribution in [1.29, 1.82) is 0 Å². The number of likely N-dealkylation sites (tertiary alicyclic amines) is 1. The van der Waals surface area contributed by atoms with Gasteiger partial charge in [-0.15, -0.1) is 0 Å². The summed E-state index contributed by atoms with van der Waals surface area (Å²) in [5, 5.41) is 0. The first-order valence-electron chi connectivity index (χ1n) is 9.83. The lowest BCUT2D eigenvalue weighted by Crippen LogP contribution is -2.59. The number of carbonyl (C=O) groups is 2. The smallest absolute Gasteiger partial charge is 0.282 e. The normalized spacial score (nSPS) is 26.7. The Kier molecular flexibility index (Phi) is 5.44. The van der Waals surface area contributed by atoms with Crippen LogP contribution in [-0.4, -0.2) is 38.3 Å². The molecule has 2 atom stereocenters. The van der Waals surface area contributed by atoms with E-state index >= 15 is 0 Å². The highest BCUT2D eigenvalue weighted by atomic mass is 32.2. The highest BCUT2D eigenvalue weighted by Crippen LogP contribution is 2.60. The molecule has 2 bridgehead atoms. The van der Waals surface area contributed by atoms with Crippen molar-refractivity contribution >= 4 is 21.9 Å². The van der Waals surface area contributed by atoms with E-state index in [9.17, 15) is 18.0 Å². The molecular weight excluding hydrogens is 378 g/mol. The number of aryl methyl sites for hydroxylation is 1. The van der Waals surface area contributed by atoms with Gasteiger partial charge in [-0.3, -0.25) is 18.7 Å². The van der Waals surface area contributed by atoms with Gasteiger partial charge < -0.3 is 0 Å². The number of nitrogens with zero attached hydrogens (tertiary/aromatic N) is 1. The van der Waals surface area contributed by atoms with Crippen LogP contribution in [0, 0.1) is 23.7 Å². The van der Waals surface area contributed by atoms with Gasteiger partial charge in [0.15, 0.2) is 0 Å². The largest absolute Gasteiger partial charge is 0.296 e. The summed E-state index contributed by atoms with van der Waals surface area (Å²) < 4.78 is 29.4. The van der Waals surface area contributed by atoms with Crippen LogP contribution in [0.15, 0.2) is 29.2 Å². The zero-order valence-electron chi connectivity index (χ0n) is 17.0. The Balaban J connectivity index is 1.53. The van der Waals surface area contributed by atoms with Gasteiger partial charge in [0.2, 0.25) is 11.8 Å². The van der Waals surface area contributed by atoms with E-state index in [1.807, 2.05) is 27.7 Å². The lowest BCUT2D eigenvalue weighted by Gasteiger charge is -2.47. The van der Waals surface area contributed by atoms with Gasteiger partial charge in [-0.2, -0.15) is 8.42 Å². The number of fused-ring (bicyclic) bond motifs is 2. The first kappa shape index (κ1) is 21.0. The van der Waals surface area contributed by atoms with Crippen LogP contribution in [0.5, 0.6) is 0 Å². The summed E-state index contributed by atoms with van der Waals surface area (Å²) >= 11 is 0. The Morgan fingerprint density at radius 1 is 1.11 bits per heavy atom. The van der Waals surface area contributed by atoms with Crippen LogP contribution < -0.4 is 0 Å². The van der Waals surface area contributed by atoms with Crippen molar-refractivity contribution in [3.05, 3.63) is 29.8 Å². The van der Waals surface area contributed by atoms with Crippen LogP contribution in [-0.2, 0) is 23.9 Å². The van der Waals surface area contributed by atoms with Crippen LogP contribution >= 0.6 is 0 Å². The van der Waals surface area contributed by atoms with E-state index < -0.39 is 15.5 Å². The average molecular weight is 408 g/mol. The number of hydrogen-bond acceptors (Lipinski definition) is 5. The molecule has 1 aliphatic heterocycles. The molecule has 2 fully saturated rings. The van der Waals surface area contributed by atoms with Crippen molar-refractivity contribution in [2.24, 2.45) is 16.7 Å². The standard InChI is InChI=1S/C21H29NO5S/c1-15-7-9-16(10-8-15)28(25,26)27-14-6-5-13-22-18(23)17-11-12-21(4,19(22)24)20(17,2)3/h7-10,17H,5-6,11-14H2,1-4H3. The lowest BCUT2D eigenvalue weighted by atomic mass is 9.62. The Hall–Kier alpha value is -1.73. The zero-order chi connectivity index (χ0) is 20.7. The number of piperidine rings is 1. The first-order valence-corrected chi connectivity index (χ1v) is 11.2. The summed E-state index contributed by atoms with van der Waals surface area (Å²) in [5.74, 6) is -0.295. The summed E-state index contributed by atoms with van der Waals surface area (Å²) in [6.07, 6.45) is 2.46. The quantitative estimate of drug-likeness (QED) is 0.394. The van der Waals surface area contributed by atoms with Crippen LogP contribution in [0.3, 0.4) is 0 Å². The van der Waals surface area contributed by atoms with Gasteiger partial charge >= 0.3 is 0 Å². The minimum atomic E-state index is -3.78. The number of unbranched alkanes of at least 4 members (excludes halogenated alkanes) is 1. The third-order valence-electron chi connectivity index (χ3n) is 6.83. The van der Waals surface area contributed by atoms with E-state index in [0.717, 1.165) is 18.4 Å². The fourth-order valence-corrected chi connectivity index (χ4v) is 5.37. The molecule has 154 valence electrons. The number of benzene rings is 1. The zero-order valence-corrected chi connectivity index (χ0v) is 17.8. The Morgan fingerprint density at radius 3 is 2.39 bits per heavy atom. The topological polar surface area (TPSA) is 80.8 Å². The molecule has 28 heavy (non-hydrogen) atoms. The minimum Gasteiger partial charge on any atom is -0.282 e. The molecule has 3 rings (SSSR count). The van der Waals surface area contributed by atoms with E-state index in [1.165, 1.54) is 17.0 Å². The molecule has 0 aromatic heterocycles. The van der Waals surface area contributed by atoms with Gasteiger partial charge in [-0.25, -0.2) is 0 Å². The van der Waals surface area contributed by atoms with Crippen LogP contribution in [0.4, 0.5) is 0 Å². The molecule has 2 amide bonds. The Labute approximate surface area is 167 Å². The SMILES string of the molecule is Cc1ccc(S(=O)(=O)OCCCCN2C(=O)C3CCC(C)(C2=O)C3(C)C)cc1. The number of imide groups is 1. The highest BCUT2D eigenvalue weighted by molar-refractivity contribution is 7.86. The minimum absolute atomic E-state index is 0.0264. The number of hydrogen-bond donors (Lipinski definition) is 0. The fraction of sp³-hybridized carbons (Fsp3) is 0.619. The molecule has 0 N–H and O–H groups in total. The molecule has 1 aliphatic carbocycles. The molecule has 1 saturated carbocycles. The maximum absolute atomic E-state index is 12.9. The van der Waals surface area contributed by atoms with E-state index in [-0.39, 0.29) is 34.6 Å². The molecule has 0 radical (unpaired) electrons. The van der Waals surface area contributed by atoms with Crippen LogP contribution in [0.25, 0.3) is 0 Å². The van der Waals surface area contributed by atoms with E-state index in [0.29, 0.717) is 19.4 Å². The first-order chi connectivity index (χ1) is 13.0. The van der Waals surface area contributed by atoms with Crippen molar-refractivity contribution in [2.45, 2.75) is 58.3 Å². The van der Waals surface area contributed by atoms with Crippen molar-refractivity contribution in [1.82, 2.24) is 4.90 Å². The monoisotopic (exact) mass is 407 g/mol. The van der Waals surface area contributed by atoms with Gasteiger partial charge in [0.05, 0.1) is 16.9 Å². The summed E-state index contributed by atoms with van der Waals surface area (Å²) in [6.45, 7) is 8.22. The van der Waals surface area contributed by atoms with E-state index in [2.05, 4.69) is 0 Å². The molecule has 1 aromatic carbocycles. The van der Waals surface area contributed by atoms with E-state index in [1.54, 1.807) is 12.1 Å². The van der Waals surface area contributed by atoms with Gasteiger partial charge in [0.25, 0.3) is 10.1 Å². The van der Waals surface area contributed by atoms with Gasteiger partial charge in [0.1, 0.15) is 0 Å². The fourth-order valence-electron chi connectivity index (χ4n) is 4.43. The number of amides is 2. The Morgan fingerprint density at radius 2 is 1.75 bits per heavy atom. The molecule has 1 aromatic rings. The molecule has 1 saturated heterocycles. The van der Waals surface area contributed by atoms with Crippen LogP contribution in [0.2, 0.25) is 0 Å². The predicted octanol–water partition coefficient (Wildman–Crippen LogP) is 3.29. The summed E-state index contributed by atoms with van der Waals surface area (Å²) in [7, 11) is -3.78. The van der Waals surface area contributed by atoms with Crippen molar-refractivity contribution < 1.29 is 22.2 Å². The lowest BCUT2D eigenvalue weighted by molar-refractivity contribution is -0.167. The van der Waals surface area contributed by atoms with Gasteiger partial charge in [-0.1, -0.05) is 38.5 Å². The van der Waals surface area contributed by atoms with Gasteiger partial charge in [-0.05, 0) is 50.2 Å². The van der Waals surface area contributed by atoms with E-state index in [4.69, 9.17) is 4.18 Å². The summed E-state index contributed by atoms with van der Waals surface area (Å²) in [4.78, 5) is 27.2. The van der Waals surface area contributed by atoms with Crippen molar-refractivity contribution in [2.75, 3.05) is 13.2 Å². The van der Waals surface area contributed by atoms with Crippen molar-refractivity contribution in [3.63, 3.8) is 0 Å². The Bertz CT molecular complexity index is 875. The highest BCUT2D eigenvalue weighted by Gasteiger charge is 2.64. The second-order valence-corrected chi connectivity index (χ2v) is 10.4. The maximum atomic E-state index is 12.9. The summed E-state index contributed by atoms with van der Waals surface area (Å²) in [5.41, 5.74) is 0.153. The van der Waals surface area contributed by atoms with Crippen LogP contribution in [0.1, 0.15) is 52.0 Å². The predicted molar refractivity (Wildman–Crippen MR) is 105 cm³/mol. The van der Waals surface area contributed by atoms with Gasteiger partial charge in [0, 0.05) is 12.5 Å². The average Bonchev–Trinajstić information content (AvgIpc) is 2.81. The molecule has 2 aliphatic rings. The second-order valence-electron chi connectivity index (χ2n) is 8.74. The molecule has 7 heteroatoms. The number of rotatable bonds is 7. The van der Waals surface area contributed by atoms with Crippen molar-refractivity contribution in [3.8, 4) is 0 Å². The summed E-state index contributed by atoms with van der Waals surface area (Å²) in [6, 6.07) is 6.49. The molecule has 2 unspecified atom stereocenters. The molecule has 1 heterocycles. The molecule has 0 spiro atoms.